The van der Waals surface area contributed by atoms with Gasteiger partial charge in [0.25, 0.3) is 0 Å². The summed E-state index contributed by atoms with van der Waals surface area (Å²) >= 11 is 0. The summed E-state index contributed by atoms with van der Waals surface area (Å²) in [5.74, 6) is -0.600. The summed E-state index contributed by atoms with van der Waals surface area (Å²) in [6.45, 7) is 6.91. The summed E-state index contributed by atoms with van der Waals surface area (Å²) in [7, 11) is -3.86. The Hall–Kier alpha value is -2.71. The first kappa shape index (κ1) is 22.6. The Morgan fingerprint density at radius 1 is 1.03 bits per heavy atom. The number of aryl methyl sites for hydroxylation is 2. The first-order chi connectivity index (χ1) is 13.6. The number of rotatable bonds is 9. The van der Waals surface area contributed by atoms with Gasteiger partial charge in [-0.25, -0.2) is 8.42 Å². The maximum atomic E-state index is 12.4. The Balaban J connectivity index is 1.93. The van der Waals surface area contributed by atoms with Gasteiger partial charge in [-0.3, -0.25) is 9.59 Å². The van der Waals surface area contributed by atoms with Crippen LogP contribution in [0.3, 0.4) is 0 Å². The van der Waals surface area contributed by atoms with E-state index in [0.717, 1.165) is 11.1 Å². The van der Waals surface area contributed by atoms with E-state index in [1.807, 2.05) is 13.8 Å². The van der Waals surface area contributed by atoms with Gasteiger partial charge in [0.05, 0.1) is 11.5 Å². The van der Waals surface area contributed by atoms with Gasteiger partial charge in [-0.2, -0.15) is 4.72 Å². The Morgan fingerprint density at radius 2 is 1.69 bits per heavy atom. The summed E-state index contributed by atoms with van der Waals surface area (Å²) in [6.07, 6.45) is -1.05. The molecule has 1 N–H and O–H groups in total. The molecular weight excluding hydrogens is 394 g/mol. The normalized spacial score (nSPS) is 12.3. The Kier molecular flexibility index (Phi) is 7.53. The van der Waals surface area contributed by atoms with Gasteiger partial charge in [-0.1, -0.05) is 6.07 Å². The van der Waals surface area contributed by atoms with E-state index in [4.69, 9.17) is 9.47 Å². The van der Waals surface area contributed by atoms with Crippen molar-refractivity contribution in [3.8, 4) is 5.75 Å². The smallest absolute Gasteiger partial charge is 0.321 e. The molecule has 2 aromatic carbocycles. The monoisotopic (exact) mass is 419 g/mol. The minimum atomic E-state index is -3.86. The summed E-state index contributed by atoms with van der Waals surface area (Å²) in [5, 5.41) is 0. The van der Waals surface area contributed by atoms with Crippen molar-refractivity contribution in [1.29, 1.82) is 0 Å². The molecule has 156 valence electrons. The van der Waals surface area contributed by atoms with Crippen LogP contribution in [-0.2, 0) is 19.6 Å². The van der Waals surface area contributed by atoms with Gasteiger partial charge >= 0.3 is 5.97 Å². The number of hydrogen-bond donors (Lipinski definition) is 1. The lowest BCUT2D eigenvalue weighted by molar-refractivity contribution is -0.144. The third-order valence-electron chi connectivity index (χ3n) is 4.32. The molecule has 2 aromatic rings. The highest BCUT2D eigenvalue weighted by atomic mass is 32.2. The SMILES string of the molecule is CCOc1ccc(C(=O)[C@@H](C)OC(=O)CNS(=O)(=O)c2ccc(C)c(C)c2)cc1. The minimum absolute atomic E-state index is 0.0620. The number of Topliss-reactive ketones (excluding diaryl/α,β-unsaturated/α-hetero) is 1. The number of carbonyl (C=O) groups is 2. The average Bonchev–Trinajstić information content (AvgIpc) is 2.68. The number of sulfonamides is 1. The van der Waals surface area contributed by atoms with Crippen LogP contribution in [0, 0.1) is 13.8 Å². The first-order valence-electron chi connectivity index (χ1n) is 9.17. The molecule has 0 heterocycles. The molecule has 0 aliphatic carbocycles. The molecule has 2 rings (SSSR count). The number of nitrogens with one attached hydrogen (secondary N) is 1. The number of ether oxygens (including phenoxy) is 2. The predicted molar refractivity (Wildman–Crippen MR) is 109 cm³/mol. The zero-order valence-electron chi connectivity index (χ0n) is 16.9. The van der Waals surface area contributed by atoms with E-state index in [0.29, 0.717) is 17.9 Å². The van der Waals surface area contributed by atoms with Crippen LogP contribution in [0.1, 0.15) is 35.3 Å². The van der Waals surface area contributed by atoms with E-state index < -0.39 is 34.4 Å². The third-order valence-corrected chi connectivity index (χ3v) is 5.72. The molecule has 0 spiro atoms. The zero-order valence-corrected chi connectivity index (χ0v) is 17.7. The van der Waals surface area contributed by atoms with Crippen LogP contribution in [0.5, 0.6) is 5.75 Å². The van der Waals surface area contributed by atoms with Gasteiger partial charge in [0.1, 0.15) is 12.3 Å². The number of carbonyl (C=O) groups excluding carboxylic acids is 2. The molecule has 0 amide bonds. The summed E-state index contributed by atoms with van der Waals surface area (Å²) in [4.78, 5) is 24.5. The predicted octanol–water partition coefficient (Wildman–Crippen LogP) is 2.80. The number of hydrogen-bond acceptors (Lipinski definition) is 6. The molecule has 29 heavy (non-hydrogen) atoms. The van der Waals surface area contributed by atoms with Crippen LogP contribution in [-0.4, -0.2) is 39.4 Å². The van der Waals surface area contributed by atoms with Crippen molar-refractivity contribution in [2.75, 3.05) is 13.2 Å². The van der Waals surface area contributed by atoms with Crippen molar-refractivity contribution < 1.29 is 27.5 Å². The number of esters is 1. The molecule has 0 saturated carbocycles. The summed E-state index contributed by atoms with van der Waals surface area (Å²) in [6, 6.07) is 11.2. The van der Waals surface area contributed by atoms with Crippen LogP contribution in [0.2, 0.25) is 0 Å². The summed E-state index contributed by atoms with van der Waals surface area (Å²) < 4.78 is 37.2. The van der Waals surface area contributed by atoms with Crippen LogP contribution >= 0.6 is 0 Å². The molecule has 0 saturated heterocycles. The second-order valence-corrected chi connectivity index (χ2v) is 8.29. The van der Waals surface area contributed by atoms with Crippen LogP contribution in [0.25, 0.3) is 0 Å². The molecule has 0 aliphatic rings. The van der Waals surface area contributed by atoms with Crippen molar-refractivity contribution in [3.63, 3.8) is 0 Å². The second-order valence-electron chi connectivity index (χ2n) is 6.52. The average molecular weight is 419 g/mol. The highest BCUT2D eigenvalue weighted by Crippen LogP contribution is 2.16. The van der Waals surface area contributed by atoms with E-state index >= 15 is 0 Å². The quantitative estimate of drug-likeness (QED) is 0.496. The summed E-state index contributed by atoms with van der Waals surface area (Å²) in [5.41, 5.74) is 2.15. The van der Waals surface area contributed by atoms with Gasteiger partial charge in [-0.05, 0) is 75.2 Å². The molecule has 0 radical (unpaired) electrons. The molecule has 8 heteroatoms. The minimum Gasteiger partial charge on any atom is -0.494 e. The van der Waals surface area contributed by atoms with Crippen molar-refractivity contribution in [1.82, 2.24) is 4.72 Å². The highest BCUT2D eigenvalue weighted by Gasteiger charge is 2.22. The lowest BCUT2D eigenvalue weighted by atomic mass is 10.1. The Bertz CT molecular complexity index is 983. The van der Waals surface area contributed by atoms with Gasteiger partial charge in [0.2, 0.25) is 15.8 Å². The number of ketones is 1. The standard InChI is InChI=1S/C21H25NO6S/c1-5-27-18-9-7-17(8-10-18)21(24)16(4)28-20(23)13-22-29(25,26)19-11-6-14(2)15(3)12-19/h6-12,16,22H,5,13H2,1-4H3/t16-/m1/s1. The topological polar surface area (TPSA) is 98.8 Å². The Morgan fingerprint density at radius 3 is 2.28 bits per heavy atom. The van der Waals surface area contributed by atoms with E-state index in [1.165, 1.54) is 19.1 Å². The van der Waals surface area contributed by atoms with Crippen LogP contribution in [0.15, 0.2) is 47.4 Å². The van der Waals surface area contributed by atoms with Crippen molar-refractivity contribution in [2.24, 2.45) is 0 Å². The molecule has 0 aromatic heterocycles. The number of benzene rings is 2. The van der Waals surface area contributed by atoms with Gasteiger partial charge < -0.3 is 9.47 Å². The maximum absolute atomic E-state index is 12.4. The maximum Gasteiger partial charge on any atom is 0.321 e. The molecule has 0 fully saturated rings. The van der Waals surface area contributed by atoms with E-state index in [1.54, 1.807) is 37.3 Å². The van der Waals surface area contributed by atoms with E-state index in [9.17, 15) is 18.0 Å². The Labute approximate surface area is 171 Å². The van der Waals surface area contributed by atoms with E-state index in [2.05, 4.69) is 4.72 Å². The van der Waals surface area contributed by atoms with Crippen LogP contribution < -0.4 is 9.46 Å². The highest BCUT2D eigenvalue weighted by molar-refractivity contribution is 7.89. The molecule has 7 nitrogen and oxygen atoms in total. The van der Waals surface area contributed by atoms with Gasteiger partial charge in [0.15, 0.2) is 6.10 Å². The fraction of sp³-hybridized carbons (Fsp3) is 0.333. The molecule has 0 unspecified atom stereocenters. The third kappa shape index (κ3) is 6.13. The molecular formula is C21H25NO6S. The molecule has 0 aliphatic heterocycles. The van der Waals surface area contributed by atoms with Gasteiger partial charge in [-0.15, -0.1) is 0 Å². The van der Waals surface area contributed by atoms with Crippen molar-refractivity contribution >= 4 is 21.8 Å². The fourth-order valence-corrected chi connectivity index (χ4v) is 3.58. The van der Waals surface area contributed by atoms with Crippen molar-refractivity contribution in [3.05, 3.63) is 59.2 Å². The molecule has 1 atom stereocenters. The van der Waals surface area contributed by atoms with Crippen LogP contribution in [0.4, 0.5) is 0 Å². The van der Waals surface area contributed by atoms with E-state index in [-0.39, 0.29) is 4.90 Å². The molecule has 0 bridgehead atoms. The zero-order chi connectivity index (χ0) is 21.6. The largest absolute Gasteiger partial charge is 0.494 e. The second kappa shape index (κ2) is 9.67. The lowest BCUT2D eigenvalue weighted by Gasteiger charge is -2.13. The fourth-order valence-electron chi connectivity index (χ4n) is 2.53. The van der Waals surface area contributed by atoms with Gasteiger partial charge in [0, 0.05) is 5.56 Å². The lowest BCUT2D eigenvalue weighted by Crippen LogP contribution is -2.34. The first-order valence-corrected chi connectivity index (χ1v) is 10.7. The van der Waals surface area contributed by atoms with Crippen molar-refractivity contribution in [2.45, 2.75) is 38.7 Å².